The molecule has 0 spiro atoms. The van der Waals surface area contributed by atoms with Crippen LogP contribution in [-0.2, 0) is 11.4 Å². The third-order valence-corrected chi connectivity index (χ3v) is 6.49. The van der Waals surface area contributed by atoms with Crippen LogP contribution in [0.15, 0.2) is 53.9 Å². The van der Waals surface area contributed by atoms with E-state index in [2.05, 4.69) is 27.1 Å². The first-order chi connectivity index (χ1) is 16.0. The van der Waals surface area contributed by atoms with Gasteiger partial charge in [-0.2, -0.15) is 0 Å². The zero-order chi connectivity index (χ0) is 23.2. The Kier molecular flexibility index (Phi) is 7.65. The molecule has 0 radical (unpaired) electrons. The Balaban J connectivity index is 1.44. The summed E-state index contributed by atoms with van der Waals surface area (Å²) >= 11 is 7.82. The van der Waals surface area contributed by atoms with Crippen LogP contribution >= 0.6 is 22.9 Å². The molecule has 172 valence electrons. The highest BCUT2D eigenvalue weighted by atomic mass is 35.5. The number of hydrogen-bond donors (Lipinski definition) is 1. The number of carbonyl (C=O) groups is 1. The van der Waals surface area contributed by atoms with Gasteiger partial charge in [0.25, 0.3) is 0 Å². The van der Waals surface area contributed by atoms with Crippen molar-refractivity contribution in [2.24, 2.45) is 0 Å². The molecule has 33 heavy (non-hydrogen) atoms. The Hall–Kier alpha value is -2.87. The maximum Gasteiger partial charge on any atom is 0.248 e. The number of benzene rings is 2. The van der Waals surface area contributed by atoms with Gasteiger partial charge in [-0.25, -0.2) is 4.98 Å². The van der Waals surface area contributed by atoms with Crippen molar-refractivity contribution in [1.29, 1.82) is 0 Å². The van der Waals surface area contributed by atoms with Gasteiger partial charge in [0, 0.05) is 48.2 Å². The van der Waals surface area contributed by atoms with Crippen LogP contribution in [0.5, 0.6) is 5.75 Å². The number of halogens is 1. The van der Waals surface area contributed by atoms with E-state index in [4.69, 9.17) is 16.3 Å². The average molecular weight is 483 g/mol. The second-order valence-corrected chi connectivity index (χ2v) is 9.46. The number of ether oxygens (including phenoxy) is 1. The lowest BCUT2D eigenvalue weighted by Gasteiger charge is -2.35. The van der Waals surface area contributed by atoms with Crippen molar-refractivity contribution in [3.8, 4) is 5.75 Å². The maximum atomic E-state index is 12.8. The summed E-state index contributed by atoms with van der Waals surface area (Å²) in [5.41, 5.74) is 3.41. The lowest BCUT2D eigenvalue weighted by Crippen LogP contribution is -2.44. The molecule has 1 amide bonds. The molecule has 0 unspecified atom stereocenters. The molecule has 2 heterocycles. The largest absolute Gasteiger partial charge is 0.487 e. The minimum absolute atomic E-state index is 0.224. The van der Waals surface area contributed by atoms with Gasteiger partial charge >= 0.3 is 0 Å². The Morgan fingerprint density at radius 2 is 2.00 bits per heavy atom. The van der Waals surface area contributed by atoms with Crippen LogP contribution < -0.4 is 15.0 Å². The van der Waals surface area contributed by atoms with Crippen LogP contribution in [0.3, 0.4) is 0 Å². The van der Waals surface area contributed by atoms with Crippen molar-refractivity contribution in [2.45, 2.75) is 13.5 Å². The summed E-state index contributed by atoms with van der Waals surface area (Å²) in [6.07, 6.45) is 3.28. The van der Waals surface area contributed by atoms with E-state index in [1.54, 1.807) is 23.5 Å². The molecule has 3 aromatic rings. The van der Waals surface area contributed by atoms with Crippen LogP contribution in [-0.4, -0.2) is 49.0 Å². The lowest BCUT2D eigenvalue weighted by atomic mass is 10.2. The van der Waals surface area contributed by atoms with E-state index in [-0.39, 0.29) is 5.91 Å². The highest BCUT2D eigenvalue weighted by Gasteiger charge is 2.18. The first-order valence-corrected chi connectivity index (χ1v) is 12.1. The summed E-state index contributed by atoms with van der Waals surface area (Å²) < 4.78 is 5.94. The molecular formula is C25H27ClN4O2S. The lowest BCUT2D eigenvalue weighted by molar-refractivity contribution is -0.111. The normalized spacial score (nSPS) is 14.6. The molecule has 1 aliphatic rings. The molecule has 0 saturated carbocycles. The second-order valence-electron chi connectivity index (χ2n) is 7.96. The number of likely N-dealkylation sites (N-methyl/N-ethyl adjacent to an activating group) is 1. The quantitative estimate of drug-likeness (QED) is 0.475. The zero-order valence-electron chi connectivity index (χ0n) is 18.8. The SMILES string of the molecule is Cc1nc(COc2ccccc2/C=C/C(=O)Nc2cc(Cl)ccc2N2CCN(C)CC2)cs1. The molecule has 2 aromatic carbocycles. The van der Waals surface area contributed by atoms with Crippen LogP contribution in [0.25, 0.3) is 6.08 Å². The summed E-state index contributed by atoms with van der Waals surface area (Å²) in [5.74, 6) is 0.477. The third-order valence-electron chi connectivity index (χ3n) is 5.44. The van der Waals surface area contributed by atoms with E-state index in [0.717, 1.165) is 48.1 Å². The first kappa shape index (κ1) is 23.3. The topological polar surface area (TPSA) is 57.7 Å². The first-order valence-electron chi connectivity index (χ1n) is 10.8. The fourth-order valence-corrected chi connectivity index (χ4v) is 4.42. The minimum atomic E-state index is -0.224. The number of nitrogens with one attached hydrogen (secondary N) is 1. The molecule has 0 atom stereocenters. The standard InChI is InChI=1S/C25H27ClN4O2S/c1-18-27-21(17-33-18)16-32-24-6-4-3-5-19(24)7-10-25(31)28-22-15-20(26)8-9-23(22)30-13-11-29(2)12-14-30/h3-10,15,17H,11-14,16H2,1-2H3,(H,28,31)/b10-7+. The summed E-state index contributed by atoms with van der Waals surface area (Å²) in [6.45, 7) is 6.12. The van der Waals surface area contributed by atoms with Crippen LogP contribution in [0, 0.1) is 6.92 Å². The Morgan fingerprint density at radius 1 is 1.21 bits per heavy atom. The molecule has 1 aliphatic heterocycles. The van der Waals surface area contributed by atoms with Gasteiger partial charge in [-0.3, -0.25) is 4.79 Å². The highest BCUT2D eigenvalue weighted by Crippen LogP contribution is 2.30. The summed E-state index contributed by atoms with van der Waals surface area (Å²) in [6, 6.07) is 13.3. The monoisotopic (exact) mass is 482 g/mol. The van der Waals surface area contributed by atoms with E-state index in [0.29, 0.717) is 23.1 Å². The van der Waals surface area contributed by atoms with Crippen molar-refractivity contribution in [3.63, 3.8) is 0 Å². The number of piperazine rings is 1. The number of hydrogen-bond acceptors (Lipinski definition) is 6. The molecule has 0 bridgehead atoms. The molecule has 1 fully saturated rings. The third kappa shape index (κ3) is 6.35. The molecule has 0 aliphatic carbocycles. The molecule has 8 heteroatoms. The molecule has 1 N–H and O–H groups in total. The van der Waals surface area contributed by atoms with Gasteiger partial charge in [-0.1, -0.05) is 29.8 Å². The van der Waals surface area contributed by atoms with Crippen molar-refractivity contribution in [2.75, 3.05) is 43.4 Å². The number of amides is 1. The van der Waals surface area contributed by atoms with E-state index in [9.17, 15) is 4.79 Å². The van der Waals surface area contributed by atoms with Crippen LogP contribution in [0.4, 0.5) is 11.4 Å². The predicted octanol–water partition coefficient (Wildman–Crippen LogP) is 5.09. The molecule has 4 rings (SSSR count). The highest BCUT2D eigenvalue weighted by molar-refractivity contribution is 7.09. The number of rotatable bonds is 7. The van der Waals surface area contributed by atoms with Crippen molar-refractivity contribution >= 4 is 46.3 Å². The number of thiazole rings is 1. The van der Waals surface area contributed by atoms with Gasteiger partial charge in [0.1, 0.15) is 12.4 Å². The van der Waals surface area contributed by atoms with Crippen molar-refractivity contribution < 1.29 is 9.53 Å². The van der Waals surface area contributed by atoms with Gasteiger partial charge in [0.05, 0.1) is 22.1 Å². The van der Waals surface area contributed by atoms with Gasteiger partial charge < -0.3 is 19.9 Å². The Bertz CT molecular complexity index is 1140. The molecular weight excluding hydrogens is 456 g/mol. The van der Waals surface area contributed by atoms with Crippen molar-refractivity contribution in [3.05, 3.63) is 75.2 Å². The Labute approximate surface area is 203 Å². The van der Waals surface area contributed by atoms with Crippen molar-refractivity contribution in [1.82, 2.24) is 9.88 Å². The molecule has 1 aromatic heterocycles. The predicted molar refractivity (Wildman–Crippen MR) is 136 cm³/mol. The Morgan fingerprint density at radius 3 is 2.76 bits per heavy atom. The zero-order valence-corrected chi connectivity index (χ0v) is 20.3. The van der Waals surface area contributed by atoms with Crippen LogP contribution in [0.1, 0.15) is 16.3 Å². The second kappa shape index (κ2) is 10.8. The number of anilines is 2. The summed E-state index contributed by atoms with van der Waals surface area (Å²) in [7, 11) is 2.12. The number of aryl methyl sites for hydroxylation is 1. The molecule has 1 saturated heterocycles. The van der Waals surface area contributed by atoms with Crippen LogP contribution in [0.2, 0.25) is 5.02 Å². The number of nitrogens with zero attached hydrogens (tertiary/aromatic N) is 3. The van der Waals surface area contributed by atoms with Gasteiger partial charge in [0.2, 0.25) is 5.91 Å². The number of para-hydroxylation sites is 1. The van der Waals surface area contributed by atoms with Gasteiger partial charge in [0.15, 0.2) is 0 Å². The summed E-state index contributed by atoms with van der Waals surface area (Å²) in [4.78, 5) is 21.8. The average Bonchev–Trinajstić information content (AvgIpc) is 3.23. The smallest absolute Gasteiger partial charge is 0.248 e. The van der Waals surface area contributed by atoms with E-state index in [1.807, 2.05) is 48.7 Å². The fourth-order valence-electron chi connectivity index (χ4n) is 3.65. The minimum Gasteiger partial charge on any atom is -0.487 e. The molecule has 6 nitrogen and oxygen atoms in total. The summed E-state index contributed by atoms with van der Waals surface area (Å²) in [5, 5.41) is 6.58. The van der Waals surface area contributed by atoms with Gasteiger partial charge in [-0.15, -0.1) is 11.3 Å². The van der Waals surface area contributed by atoms with Gasteiger partial charge in [-0.05, 0) is 44.3 Å². The van der Waals surface area contributed by atoms with E-state index in [1.165, 1.54) is 6.08 Å². The van der Waals surface area contributed by atoms with E-state index >= 15 is 0 Å². The number of aromatic nitrogens is 1. The fraction of sp³-hybridized carbons (Fsp3) is 0.280. The maximum absolute atomic E-state index is 12.8. The van der Waals surface area contributed by atoms with E-state index < -0.39 is 0 Å². The number of carbonyl (C=O) groups excluding carboxylic acids is 1.